The Bertz CT molecular complexity index is 803. The zero-order valence-corrected chi connectivity index (χ0v) is 20.2. The molecule has 34 heavy (non-hydrogen) atoms. The highest BCUT2D eigenvalue weighted by atomic mass is 19.4. The summed E-state index contributed by atoms with van der Waals surface area (Å²) in [5.74, 6) is -0.244. The van der Waals surface area contributed by atoms with Crippen molar-refractivity contribution in [2.24, 2.45) is 0 Å². The number of halogens is 3. The second kappa shape index (κ2) is 13.4. The monoisotopic (exact) mass is 488 g/mol. The molecule has 0 aliphatic carbocycles. The number of nitrogens with zero attached hydrogens (tertiary/aromatic N) is 2. The Balaban J connectivity index is 2.01. The first-order chi connectivity index (χ1) is 16.2. The average Bonchev–Trinajstić information content (AvgIpc) is 3.25. The van der Waals surface area contributed by atoms with Gasteiger partial charge in [0.25, 0.3) is 0 Å². The average molecular weight is 489 g/mol. The van der Waals surface area contributed by atoms with Crippen LogP contribution in [0.3, 0.4) is 0 Å². The number of carbonyl (C=O) groups is 2. The van der Waals surface area contributed by atoms with Crippen LogP contribution in [0.4, 0.5) is 13.2 Å². The molecule has 7 nitrogen and oxygen atoms in total. The van der Waals surface area contributed by atoms with Gasteiger partial charge < -0.3 is 19.1 Å². The second-order valence-electron chi connectivity index (χ2n) is 8.21. The third kappa shape index (κ3) is 9.04. The summed E-state index contributed by atoms with van der Waals surface area (Å²) in [6, 6.07) is 4.89. The van der Waals surface area contributed by atoms with Gasteiger partial charge in [-0.1, -0.05) is 13.0 Å². The molecule has 2 rings (SSSR count). The molecule has 0 saturated carbocycles. The predicted octanol–water partition coefficient (Wildman–Crippen LogP) is 3.84. The molecule has 0 N–H and O–H groups in total. The van der Waals surface area contributed by atoms with Crippen molar-refractivity contribution in [3.63, 3.8) is 0 Å². The molecule has 1 aliphatic heterocycles. The summed E-state index contributed by atoms with van der Waals surface area (Å²) in [6.07, 6.45) is -1.64. The van der Waals surface area contributed by atoms with Gasteiger partial charge in [0.05, 0.1) is 20.1 Å². The smallest absolute Gasteiger partial charge is 0.422 e. The lowest BCUT2D eigenvalue weighted by atomic mass is 10.1. The molecule has 1 atom stereocenters. The van der Waals surface area contributed by atoms with Crippen LogP contribution in [0.15, 0.2) is 18.2 Å². The molecule has 1 amide bonds. The molecule has 0 spiro atoms. The Morgan fingerprint density at radius 1 is 1.18 bits per heavy atom. The molecule has 1 aromatic rings. The summed E-state index contributed by atoms with van der Waals surface area (Å²) in [5.41, 5.74) is 0.742. The first-order valence-electron chi connectivity index (χ1n) is 11.7. The van der Waals surface area contributed by atoms with E-state index in [1.165, 1.54) is 13.2 Å². The van der Waals surface area contributed by atoms with E-state index in [1.54, 1.807) is 24.0 Å². The van der Waals surface area contributed by atoms with E-state index in [-0.39, 0.29) is 42.3 Å². The first kappa shape index (κ1) is 27.8. The number of benzene rings is 1. The molecule has 192 valence electrons. The Morgan fingerprint density at radius 3 is 2.59 bits per heavy atom. The highest BCUT2D eigenvalue weighted by Crippen LogP contribution is 2.30. The molecule has 1 aromatic carbocycles. The van der Waals surface area contributed by atoms with Gasteiger partial charge in [-0.2, -0.15) is 13.2 Å². The summed E-state index contributed by atoms with van der Waals surface area (Å²) >= 11 is 0. The molecule has 1 saturated heterocycles. The molecule has 10 heteroatoms. The van der Waals surface area contributed by atoms with Gasteiger partial charge in [0.15, 0.2) is 18.1 Å². The third-order valence-corrected chi connectivity index (χ3v) is 5.83. The molecule has 1 unspecified atom stereocenters. The minimum atomic E-state index is -4.45. The van der Waals surface area contributed by atoms with E-state index in [2.05, 4.69) is 11.8 Å². The standard InChI is InChI=1S/C24H35F3N2O5/c1-4-28-13-6-7-19(28)16-29(14-12-23(31)33-5-2)22(30)11-9-18-8-10-20(21(15-18)32-3)34-17-24(25,26)27/h8,10,15,19H,4-7,9,11-14,16-17H2,1-3H3. The van der Waals surface area contributed by atoms with Gasteiger partial charge in [-0.15, -0.1) is 0 Å². The van der Waals surface area contributed by atoms with E-state index in [9.17, 15) is 22.8 Å². The van der Waals surface area contributed by atoms with Gasteiger partial charge >= 0.3 is 12.1 Å². The lowest BCUT2D eigenvalue weighted by molar-refractivity contribution is -0.153. The van der Waals surface area contributed by atoms with Crippen LogP contribution in [-0.2, 0) is 20.7 Å². The number of esters is 1. The maximum absolute atomic E-state index is 13.1. The van der Waals surface area contributed by atoms with Crippen molar-refractivity contribution in [1.29, 1.82) is 0 Å². The number of carbonyl (C=O) groups excluding carboxylic acids is 2. The van der Waals surface area contributed by atoms with E-state index < -0.39 is 12.8 Å². The van der Waals surface area contributed by atoms with Gasteiger partial charge in [-0.25, -0.2) is 0 Å². The van der Waals surface area contributed by atoms with Crippen LogP contribution < -0.4 is 9.47 Å². The molecule has 1 fully saturated rings. The van der Waals surface area contributed by atoms with Crippen molar-refractivity contribution in [3.8, 4) is 11.5 Å². The predicted molar refractivity (Wildman–Crippen MR) is 121 cm³/mol. The number of likely N-dealkylation sites (tertiary alicyclic amines) is 1. The van der Waals surface area contributed by atoms with Crippen molar-refractivity contribution in [2.75, 3.05) is 46.5 Å². The molecular formula is C24H35F3N2O5. The van der Waals surface area contributed by atoms with E-state index in [0.29, 0.717) is 26.1 Å². The van der Waals surface area contributed by atoms with Crippen LogP contribution in [0, 0.1) is 0 Å². The number of ether oxygens (including phenoxy) is 3. The normalized spacial score (nSPS) is 16.4. The molecule has 0 aromatic heterocycles. The van der Waals surface area contributed by atoms with Crippen molar-refractivity contribution < 1.29 is 37.0 Å². The number of methoxy groups -OCH3 is 1. The number of hydrogen-bond donors (Lipinski definition) is 0. The van der Waals surface area contributed by atoms with Crippen molar-refractivity contribution in [3.05, 3.63) is 23.8 Å². The molecule has 0 radical (unpaired) electrons. The van der Waals surface area contributed by atoms with Gasteiger partial charge in [0, 0.05) is 25.6 Å². The topological polar surface area (TPSA) is 68.3 Å². The number of amides is 1. The summed E-state index contributed by atoms with van der Waals surface area (Å²) in [7, 11) is 1.35. The van der Waals surface area contributed by atoms with Crippen LogP contribution in [-0.4, -0.2) is 80.4 Å². The minimum absolute atomic E-state index is 0.00754. The molecule has 1 heterocycles. The van der Waals surface area contributed by atoms with Crippen molar-refractivity contribution >= 4 is 11.9 Å². The largest absolute Gasteiger partial charge is 0.493 e. The SMILES string of the molecule is CCOC(=O)CCN(CC1CCCN1CC)C(=O)CCc1ccc(OCC(F)(F)F)c(OC)c1. The zero-order chi connectivity index (χ0) is 25.1. The van der Waals surface area contributed by atoms with Crippen LogP contribution in [0.1, 0.15) is 45.1 Å². The summed E-state index contributed by atoms with van der Waals surface area (Å²) in [5, 5.41) is 0. The fourth-order valence-electron chi connectivity index (χ4n) is 4.11. The Kier molecular flexibility index (Phi) is 10.9. The molecular weight excluding hydrogens is 453 g/mol. The van der Waals surface area contributed by atoms with E-state index in [4.69, 9.17) is 14.2 Å². The molecule has 1 aliphatic rings. The van der Waals surface area contributed by atoms with Gasteiger partial charge in [-0.3, -0.25) is 14.5 Å². The van der Waals surface area contributed by atoms with Gasteiger partial charge in [0.2, 0.25) is 5.91 Å². The van der Waals surface area contributed by atoms with Gasteiger partial charge in [0.1, 0.15) is 0 Å². The maximum Gasteiger partial charge on any atom is 0.422 e. The number of likely N-dealkylation sites (N-methyl/N-ethyl adjacent to an activating group) is 1. The second-order valence-corrected chi connectivity index (χ2v) is 8.21. The van der Waals surface area contributed by atoms with Crippen molar-refractivity contribution in [1.82, 2.24) is 9.80 Å². The van der Waals surface area contributed by atoms with Crippen LogP contribution in [0.5, 0.6) is 11.5 Å². The summed E-state index contributed by atoms with van der Waals surface area (Å²) < 4.78 is 52.3. The Morgan fingerprint density at radius 2 is 1.94 bits per heavy atom. The zero-order valence-electron chi connectivity index (χ0n) is 20.2. The lowest BCUT2D eigenvalue weighted by Gasteiger charge is -2.30. The van der Waals surface area contributed by atoms with Crippen LogP contribution in [0.25, 0.3) is 0 Å². The lowest BCUT2D eigenvalue weighted by Crippen LogP contribution is -2.44. The Labute approximate surface area is 199 Å². The number of hydrogen-bond acceptors (Lipinski definition) is 6. The van der Waals surface area contributed by atoms with E-state index in [1.807, 2.05) is 0 Å². The Hall–Kier alpha value is -2.49. The summed E-state index contributed by atoms with van der Waals surface area (Å²) in [4.78, 5) is 29.0. The van der Waals surface area contributed by atoms with Crippen molar-refractivity contribution in [2.45, 2.75) is 58.2 Å². The van der Waals surface area contributed by atoms with Crippen LogP contribution >= 0.6 is 0 Å². The summed E-state index contributed by atoms with van der Waals surface area (Å²) in [6.45, 7) is 5.48. The third-order valence-electron chi connectivity index (χ3n) is 5.83. The number of alkyl halides is 3. The van der Waals surface area contributed by atoms with E-state index >= 15 is 0 Å². The van der Waals surface area contributed by atoms with Crippen LogP contribution in [0.2, 0.25) is 0 Å². The maximum atomic E-state index is 13.1. The number of rotatable bonds is 13. The fourth-order valence-corrected chi connectivity index (χ4v) is 4.11. The molecule has 0 bridgehead atoms. The van der Waals surface area contributed by atoms with Gasteiger partial charge in [-0.05, 0) is 57.0 Å². The minimum Gasteiger partial charge on any atom is -0.493 e. The highest BCUT2D eigenvalue weighted by molar-refractivity contribution is 5.77. The fraction of sp³-hybridized carbons (Fsp3) is 0.667. The van der Waals surface area contributed by atoms with E-state index in [0.717, 1.165) is 31.5 Å². The number of aryl methyl sites for hydroxylation is 1. The quantitative estimate of drug-likeness (QED) is 0.393. The highest BCUT2D eigenvalue weighted by Gasteiger charge is 2.29. The first-order valence-corrected chi connectivity index (χ1v) is 11.7.